The topological polar surface area (TPSA) is 214 Å². The highest BCUT2D eigenvalue weighted by Crippen LogP contribution is 2.52. The quantitative estimate of drug-likeness (QED) is 0.0346. The van der Waals surface area contributed by atoms with Gasteiger partial charge in [-0.25, -0.2) is 0 Å². The summed E-state index contributed by atoms with van der Waals surface area (Å²) in [6, 6.07) is 20.7. The van der Waals surface area contributed by atoms with Crippen LogP contribution in [-0.4, -0.2) is 88.9 Å². The lowest BCUT2D eigenvalue weighted by molar-refractivity contribution is -0.248. The highest BCUT2D eigenvalue weighted by atomic mass is 32.2. The van der Waals surface area contributed by atoms with E-state index in [1.807, 2.05) is 18.2 Å². The molecule has 0 aromatic heterocycles. The number of benzene rings is 4. The first-order valence-electron chi connectivity index (χ1n) is 17.2. The maximum Gasteiger partial charge on any atom is 0.450 e. The molecule has 0 aliphatic carbocycles. The minimum Gasteiger partial charge on any atom is -0.494 e. The normalized spacial score (nSPS) is 13.6. The minimum absolute atomic E-state index is 0.0991. The summed E-state index contributed by atoms with van der Waals surface area (Å²) in [4.78, 5) is 0. The lowest BCUT2D eigenvalue weighted by atomic mass is 10.1. The zero-order valence-electron chi connectivity index (χ0n) is 32.4. The lowest BCUT2D eigenvalue weighted by Gasteiger charge is -2.29. The van der Waals surface area contributed by atoms with Crippen LogP contribution >= 0.6 is 0 Å². The molecule has 2 N–H and O–H groups in total. The van der Waals surface area contributed by atoms with Crippen molar-refractivity contribution >= 4 is 63.4 Å². The summed E-state index contributed by atoms with van der Waals surface area (Å²) in [5.74, 6) is -14.4. The number of halogens is 12. The van der Waals surface area contributed by atoms with Crippen molar-refractivity contribution in [2.45, 2.75) is 45.9 Å². The van der Waals surface area contributed by atoms with Gasteiger partial charge in [0.05, 0.1) is 13.2 Å². The monoisotopic (exact) mass is 1040 g/mol. The van der Waals surface area contributed by atoms with Gasteiger partial charge in [-0.1, -0.05) is 67.8 Å². The van der Waals surface area contributed by atoms with Gasteiger partial charge in [0.15, 0.2) is 0 Å². The number of alkyl halides is 12. The first-order valence-corrected chi connectivity index (χ1v) is 22.9. The van der Waals surface area contributed by atoms with E-state index in [4.69, 9.17) is 18.6 Å². The lowest BCUT2D eigenvalue weighted by Crippen LogP contribution is -2.61. The molecule has 0 saturated heterocycles. The summed E-state index contributed by atoms with van der Waals surface area (Å²) < 4.78 is 283. The van der Waals surface area contributed by atoms with Gasteiger partial charge in [0.2, 0.25) is 0 Å². The number of rotatable bonds is 21. The Hall–Kier alpha value is -5.14. The second-order valence-corrected chi connectivity index (χ2v) is 19.0. The van der Waals surface area contributed by atoms with Crippen LogP contribution in [0.4, 0.5) is 52.7 Å². The Balaban J connectivity index is 0.000000362. The van der Waals surface area contributed by atoms with Crippen LogP contribution < -0.4 is 13.7 Å². The zero-order valence-corrected chi connectivity index (χ0v) is 35.7. The number of fused-ring (bicyclic) bond motifs is 1. The molecule has 0 radical (unpaired) electrons. The van der Waals surface area contributed by atoms with E-state index >= 15 is 0 Å². The maximum absolute atomic E-state index is 13.9. The summed E-state index contributed by atoms with van der Waals surface area (Å²) in [5, 5.41) is -25.3. The molecule has 4 aromatic rings. The molecule has 0 amide bonds. The van der Waals surface area contributed by atoms with E-state index in [1.54, 1.807) is 36.4 Å². The van der Waals surface area contributed by atoms with Crippen LogP contribution in [0.3, 0.4) is 0 Å². The first-order chi connectivity index (χ1) is 29.9. The second-order valence-electron chi connectivity index (χ2n) is 12.9. The molecule has 0 aliphatic heterocycles. The minimum atomic E-state index is -7.13. The SMILES string of the molecule is C=Cc1ccc(OCCCOS(=O)(=O)C(F)(F)C(F)(F)C(F)(F)S(=O)(=O)O)cc1.C=Cc1ccc2cc(OCc3ccc(OS(=O)(=O)C(F)(F)C(F)(F)C(F)(F)S(=O)(=O)O)cc3)ccc2c1. The van der Waals surface area contributed by atoms with Crippen LogP contribution in [-0.2, 0) is 51.3 Å². The van der Waals surface area contributed by atoms with Crippen LogP contribution in [0.1, 0.15) is 23.1 Å². The third kappa shape index (κ3) is 11.3. The number of hydrogen-bond donors (Lipinski definition) is 2. The molecule has 0 fully saturated rings. The predicted molar refractivity (Wildman–Crippen MR) is 209 cm³/mol. The molecule has 0 bridgehead atoms. The average Bonchev–Trinajstić information content (AvgIpc) is 3.22. The van der Waals surface area contributed by atoms with Gasteiger partial charge in [-0.15, -0.1) is 0 Å². The van der Waals surface area contributed by atoms with E-state index in [0.717, 1.165) is 46.2 Å². The molecular weight excluding hydrogens is 1010 g/mol. The molecular formula is C36H30F12O14S4. The van der Waals surface area contributed by atoms with Crippen molar-refractivity contribution in [3.05, 3.63) is 115 Å². The largest absolute Gasteiger partial charge is 0.494 e. The first kappa shape index (κ1) is 55.2. The highest BCUT2D eigenvalue weighted by Gasteiger charge is 2.84. The van der Waals surface area contributed by atoms with Crippen LogP contribution in [0, 0.1) is 0 Å². The van der Waals surface area contributed by atoms with Gasteiger partial charge >= 0.3 is 73.3 Å². The standard InChI is InChI=1S/C22H16F6O7S2.C14H14F6O7S2/c1-2-14-3-6-17-12-19(10-7-16(17)11-14)34-13-15-4-8-18(9-5-15)35-37(32,33)22(27,28)20(23,24)21(25,26)36(29,30)31;1-2-10-4-6-11(7-5-10)26-8-3-9-27-29(24,25)14(19,20)12(15,16)13(17,18)28(21,22)23/h2-12H,1,13H2,(H,29,30,31);2,4-7H,1,3,8-9H2,(H,21,22,23). The Morgan fingerprint density at radius 3 is 1.39 bits per heavy atom. The number of hydrogen-bond acceptors (Lipinski definition) is 12. The summed E-state index contributed by atoms with van der Waals surface area (Å²) in [6.07, 6.45) is 2.77. The van der Waals surface area contributed by atoms with Crippen molar-refractivity contribution in [3.8, 4) is 17.2 Å². The highest BCUT2D eigenvalue weighted by molar-refractivity contribution is 7.89. The molecule has 4 aromatic carbocycles. The molecule has 0 atom stereocenters. The maximum atomic E-state index is 13.9. The van der Waals surface area contributed by atoms with Gasteiger partial charge in [-0.2, -0.15) is 86.4 Å². The summed E-state index contributed by atoms with van der Waals surface area (Å²) >= 11 is 0. The smallest absolute Gasteiger partial charge is 0.450 e. The van der Waals surface area contributed by atoms with Gasteiger partial charge in [-0.05, 0) is 69.9 Å². The third-order valence-corrected chi connectivity index (χ3v) is 12.7. The fourth-order valence-corrected chi connectivity index (χ4v) is 7.49. The molecule has 0 heterocycles. The van der Waals surface area contributed by atoms with Crippen LogP contribution in [0.2, 0.25) is 0 Å². The van der Waals surface area contributed by atoms with Crippen LogP contribution in [0.15, 0.2) is 98.1 Å². The van der Waals surface area contributed by atoms with Crippen molar-refractivity contribution in [1.29, 1.82) is 0 Å². The van der Waals surface area contributed by atoms with E-state index < -0.39 is 92.1 Å². The zero-order chi connectivity index (χ0) is 50.6. The van der Waals surface area contributed by atoms with Gasteiger partial charge in [0, 0.05) is 6.42 Å². The molecule has 30 heteroatoms. The van der Waals surface area contributed by atoms with E-state index in [1.165, 1.54) is 18.2 Å². The molecule has 0 unspecified atom stereocenters. The van der Waals surface area contributed by atoms with Gasteiger partial charge in [-0.3, -0.25) is 13.3 Å². The van der Waals surface area contributed by atoms with Crippen molar-refractivity contribution in [2.24, 2.45) is 0 Å². The third-order valence-electron chi connectivity index (χ3n) is 8.26. The Kier molecular flexibility index (Phi) is 16.4. The summed E-state index contributed by atoms with van der Waals surface area (Å²) in [7, 11) is -27.8. The van der Waals surface area contributed by atoms with E-state index in [2.05, 4.69) is 21.5 Å². The van der Waals surface area contributed by atoms with E-state index in [9.17, 15) is 86.4 Å². The molecule has 14 nitrogen and oxygen atoms in total. The second kappa shape index (κ2) is 19.6. The predicted octanol–water partition coefficient (Wildman–Crippen LogP) is 8.63. The fraction of sp³-hybridized carbons (Fsp3) is 0.278. The van der Waals surface area contributed by atoms with Crippen LogP contribution in [0.5, 0.6) is 17.2 Å². The van der Waals surface area contributed by atoms with Gasteiger partial charge < -0.3 is 13.7 Å². The van der Waals surface area contributed by atoms with Gasteiger partial charge in [0.25, 0.3) is 0 Å². The molecule has 366 valence electrons. The summed E-state index contributed by atoms with van der Waals surface area (Å²) in [6.45, 7) is 5.60. The van der Waals surface area contributed by atoms with Crippen molar-refractivity contribution in [2.75, 3.05) is 13.2 Å². The van der Waals surface area contributed by atoms with E-state index in [-0.39, 0.29) is 19.0 Å². The molecule has 0 saturated carbocycles. The Labute approximate surface area is 366 Å². The number of ether oxygens (including phenoxy) is 2. The summed E-state index contributed by atoms with van der Waals surface area (Å²) in [5.41, 5.74) is 2.01. The van der Waals surface area contributed by atoms with E-state index in [0.29, 0.717) is 11.3 Å². The molecule has 66 heavy (non-hydrogen) atoms. The molecule has 0 aliphatic rings. The molecule has 0 spiro atoms. The van der Waals surface area contributed by atoms with Crippen LogP contribution in [0.25, 0.3) is 22.9 Å². The molecule has 4 rings (SSSR count). The van der Waals surface area contributed by atoms with Crippen molar-refractivity contribution in [3.63, 3.8) is 0 Å². The average molecular weight is 1040 g/mol. The Morgan fingerprint density at radius 2 is 0.909 bits per heavy atom. The fourth-order valence-electron chi connectivity index (χ4n) is 4.61. The Bertz CT molecular complexity index is 2840. The van der Waals surface area contributed by atoms with Gasteiger partial charge in [0.1, 0.15) is 23.9 Å². The van der Waals surface area contributed by atoms with Crippen molar-refractivity contribution in [1.82, 2.24) is 0 Å². The van der Waals surface area contributed by atoms with Crippen molar-refractivity contribution < 1.29 is 113 Å². The Morgan fingerprint density at radius 1 is 0.485 bits per heavy atom.